The molecule has 0 saturated carbocycles. The van der Waals surface area contributed by atoms with Crippen LogP contribution in [0, 0.1) is 0 Å². The first-order valence-corrected chi connectivity index (χ1v) is 10.1. The fourth-order valence-electron chi connectivity index (χ4n) is 2.29. The minimum atomic E-state index is -3.25. The van der Waals surface area contributed by atoms with Crippen molar-refractivity contribution >= 4 is 40.0 Å². The first-order chi connectivity index (χ1) is 11.5. The molecule has 6 nitrogen and oxygen atoms in total. The largest absolute Gasteiger partial charge is 0.356 e. The third kappa shape index (κ3) is 10.7. The highest BCUT2D eigenvalue weighted by atomic mass is 127. The van der Waals surface area contributed by atoms with Crippen LogP contribution in [-0.2, 0) is 22.3 Å². The lowest BCUT2D eigenvalue weighted by atomic mass is 10.1. The number of unbranched alkanes of at least 4 members (excludes halogenated alkanes) is 3. The molecule has 8 heteroatoms. The Morgan fingerprint density at radius 3 is 2.48 bits per heavy atom. The zero-order valence-electron chi connectivity index (χ0n) is 15.3. The third-order valence-corrected chi connectivity index (χ3v) is 5.00. The van der Waals surface area contributed by atoms with Gasteiger partial charge in [-0.05, 0) is 24.6 Å². The number of guanidine groups is 1. The Bertz CT molecular complexity index is 621. The number of nitrogens with zero attached hydrogens (tertiary/aromatic N) is 1. The fraction of sp³-hybridized carbons (Fsp3) is 0.588. The van der Waals surface area contributed by atoms with Crippen molar-refractivity contribution in [1.82, 2.24) is 15.4 Å². The summed E-state index contributed by atoms with van der Waals surface area (Å²) in [6.07, 6.45) is 4.84. The smallest absolute Gasteiger partial charge is 0.215 e. The van der Waals surface area contributed by atoms with Crippen molar-refractivity contribution < 1.29 is 8.42 Å². The van der Waals surface area contributed by atoms with E-state index in [1.165, 1.54) is 26.3 Å². The van der Waals surface area contributed by atoms with Crippen LogP contribution in [0.4, 0.5) is 0 Å². The van der Waals surface area contributed by atoms with E-state index in [1.807, 2.05) is 24.3 Å². The molecule has 1 aromatic rings. The number of aliphatic imine (C=N–C) groups is 1. The molecule has 1 aromatic carbocycles. The van der Waals surface area contributed by atoms with E-state index in [0.29, 0.717) is 6.54 Å². The van der Waals surface area contributed by atoms with Crippen LogP contribution in [0.3, 0.4) is 0 Å². The lowest BCUT2D eigenvalue weighted by molar-refractivity contribution is 0.587. The van der Waals surface area contributed by atoms with E-state index in [4.69, 9.17) is 0 Å². The standard InChI is InChI=1S/C17H30N4O2S.HI/c1-4-5-6-7-11-20-17(18-2)21-13-15-9-8-10-16(12-15)14-24(22,23)19-3;/h8-10,12,19H,4-7,11,13-14H2,1-3H3,(H2,18,20,21);1H. The van der Waals surface area contributed by atoms with Crippen molar-refractivity contribution in [2.24, 2.45) is 4.99 Å². The maximum absolute atomic E-state index is 11.6. The molecule has 0 aliphatic rings. The summed E-state index contributed by atoms with van der Waals surface area (Å²) in [5, 5.41) is 6.55. The molecule has 3 N–H and O–H groups in total. The molecule has 144 valence electrons. The SMILES string of the molecule is CCCCCCNC(=NC)NCc1cccc(CS(=O)(=O)NC)c1.I. The van der Waals surface area contributed by atoms with E-state index in [-0.39, 0.29) is 29.7 Å². The summed E-state index contributed by atoms with van der Waals surface area (Å²) >= 11 is 0. The molecule has 0 amide bonds. The molecule has 0 unspecified atom stereocenters. The fourth-order valence-corrected chi connectivity index (χ4v) is 3.05. The monoisotopic (exact) mass is 482 g/mol. The lowest BCUT2D eigenvalue weighted by Crippen LogP contribution is -2.37. The number of hydrogen-bond donors (Lipinski definition) is 3. The summed E-state index contributed by atoms with van der Waals surface area (Å²) in [6.45, 7) is 3.70. The quantitative estimate of drug-likeness (QED) is 0.207. The normalized spacial score (nSPS) is 11.7. The van der Waals surface area contributed by atoms with Gasteiger partial charge in [-0.3, -0.25) is 4.99 Å². The first kappa shape index (κ1) is 24.1. The highest BCUT2D eigenvalue weighted by molar-refractivity contribution is 14.0. The van der Waals surface area contributed by atoms with Gasteiger partial charge >= 0.3 is 0 Å². The predicted octanol–water partition coefficient (Wildman–Crippen LogP) is 2.60. The van der Waals surface area contributed by atoms with E-state index in [2.05, 4.69) is 27.3 Å². The molecule has 0 spiro atoms. The average molecular weight is 482 g/mol. The van der Waals surface area contributed by atoms with Gasteiger partial charge in [0.2, 0.25) is 10.0 Å². The van der Waals surface area contributed by atoms with Gasteiger partial charge in [0.05, 0.1) is 5.75 Å². The van der Waals surface area contributed by atoms with Gasteiger partial charge in [-0.2, -0.15) is 0 Å². The number of halogens is 1. The van der Waals surface area contributed by atoms with E-state index < -0.39 is 10.0 Å². The number of rotatable bonds is 10. The van der Waals surface area contributed by atoms with Crippen molar-refractivity contribution in [1.29, 1.82) is 0 Å². The molecule has 0 saturated heterocycles. The molecule has 0 bridgehead atoms. The Hall–Kier alpha value is -0.870. The summed E-state index contributed by atoms with van der Waals surface area (Å²) in [5.41, 5.74) is 1.79. The second-order valence-electron chi connectivity index (χ2n) is 5.70. The predicted molar refractivity (Wildman–Crippen MR) is 116 cm³/mol. The Morgan fingerprint density at radius 2 is 1.84 bits per heavy atom. The van der Waals surface area contributed by atoms with Crippen molar-refractivity contribution in [3.63, 3.8) is 0 Å². The molecule has 0 radical (unpaired) electrons. The van der Waals surface area contributed by atoms with Crippen LogP contribution in [0.2, 0.25) is 0 Å². The van der Waals surface area contributed by atoms with Gasteiger partial charge in [0.25, 0.3) is 0 Å². The molecule has 1 rings (SSSR count). The van der Waals surface area contributed by atoms with Crippen LogP contribution in [0.1, 0.15) is 43.7 Å². The van der Waals surface area contributed by atoms with Gasteiger partial charge in [0.15, 0.2) is 5.96 Å². The second-order valence-corrected chi connectivity index (χ2v) is 7.62. The molecule has 0 aromatic heterocycles. The van der Waals surface area contributed by atoms with Crippen LogP contribution in [0.25, 0.3) is 0 Å². The van der Waals surface area contributed by atoms with E-state index in [9.17, 15) is 8.42 Å². The van der Waals surface area contributed by atoms with Crippen molar-refractivity contribution in [2.75, 3.05) is 20.6 Å². The third-order valence-electron chi connectivity index (χ3n) is 3.67. The van der Waals surface area contributed by atoms with Crippen LogP contribution < -0.4 is 15.4 Å². The summed E-state index contributed by atoms with van der Waals surface area (Å²) < 4.78 is 25.6. The van der Waals surface area contributed by atoms with Crippen LogP contribution >= 0.6 is 24.0 Å². The average Bonchev–Trinajstić information content (AvgIpc) is 2.57. The summed E-state index contributed by atoms with van der Waals surface area (Å²) in [4.78, 5) is 4.20. The highest BCUT2D eigenvalue weighted by Gasteiger charge is 2.08. The van der Waals surface area contributed by atoms with Gasteiger partial charge in [0.1, 0.15) is 0 Å². The van der Waals surface area contributed by atoms with Crippen LogP contribution in [-0.4, -0.2) is 35.0 Å². The van der Waals surface area contributed by atoms with Gasteiger partial charge in [-0.25, -0.2) is 13.1 Å². The molecule has 0 aliphatic heterocycles. The summed E-state index contributed by atoms with van der Waals surface area (Å²) in [6, 6.07) is 7.56. The minimum Gasteiger partial charge on any atom is -0.356 e. The van der Waals surface area contributed by atoms with Gasteiger partial charge in [-0.15, -0.1) is 24.0 Å². The Kier molecular flexibility index (Phi) is 12.9. The minimum absolute atomic E-state index is 0. The van der Waals surface area contributed by atoms with E-state index >= 15 is 0 Å². The zero-order valence-corrected chi connectivity index (χ0v) is 18.5. The summed E-state index contributed by atoms with van der Waals surface area (Å²) in [7, 11) is -0.0767. The van der Waals surface area contributed by atoms with Crippen molar-refractivity contribution in [3.8, 4) is 0 Å². The first-order valence-electron chi connectivity index (χ1n) is 8.44. The molecule has 0 atom stereocenters. The van der Waals surface area contributed by atoms with Gasteiger partial charge in [0, 0.05) is 20.1 Å². The highest BCUT2D eigenvalue weighted by Crippen LogP contribution is 2.08. The summed E-state index contributed by atoms with van der Waals surface area (Å²) in [5.74, 6) is 0.751. The van der Waals surface area contributed by atoms with E-state index in [1.54, 1.807) is 7.05 Å². The maximum atomic E-state index is 11.6. The molecule has 0 aliphatic carbocycles. The zero-order chi connectivity index (χ0) is 17.8. The molecular weight excluding hydrogens is 451 g/mol. The number of sulfonamides is 1. The van der Waals surface area contributed by atoms with E-state index in [0.717, 1.165) is 30.1 Å². The number of benzene rings is 1. The Labute approximate surface area is 169 Å². The van der Waals surface area contributed by atoms with Crippen LogP contribution in [0.15, 0.2) is 29.3 Å². The molecule has 25 heavy (non-hydrogen) atoms. The Morgan fingerprint density at radius 1 is 1.12 bits per heavy atom. The lowest BCUT2D eigenvalue weighted by Gasteiger charge is -2.12. The molecule has 0 heterocycles. The Balaban J connectivity index is 0.00000576. The van der Waals surface area contributed by atoms with Gasteiger partial charge in [-0.1, -0.05) is 50.5 Å². The number of nitrogens with one attached hydrogen (secondary N) is 3. The van der Waals surface area contributed by atoms with Crippen molar-refractivity contribution in [3.05, 3.63) is 35.4 Å². The molecule has 0 fully saturated rings. The second kappa shape index (κ2) is 13.3. The maximum Gasteiger partial charge on any atom is 0.215 e. The van der Waals surface area contributed by atoms with Crippen LogP contribution in [0.5, 0.6) is 0 Å². The van der Waals surface area contributed by atoms with Gasteiger partial charge < -0.3 is 10.6 Å². The topological polar surface area (TPSA) is 82.6 Å². The number of hydrogen-bond acceptors (Lipinski definition) is 3. The van der Waals surface area contributed by atoms with Crippen molar-refractivity contribution in [2.45, 2.75) is 44.9 Å². The molecular formula is C17H31IN4O2S.